The monoisotopic (exact) mass is 260 g/mol. The zero-order valence-electron chi connectivity index (χ0n) is 9.31. The zero-order valence-corrected chi connectivity index (χ0v) is 9.31. The van der Waals surface area contributed by atoms with Crippen LogP contribution in [0.1, 0.15) is 24.6 Å². The normalized spacial score (nSPS) is 22.8. The van der Waals surface area contributed by atoms with Gasteiger partial charge >= 0.3 is 6.09 Å². The Balaban J connectivity index is 2.30. The van der Waals surface area contributed by atoms with Gasteiger partial charge in [0.25, 0.3) is 5.92 Å². The molecule has 1 aliphatic rings. The van der Waals surface area contributed by atoms with Gasteiger partial charge in [-0.3, -0.25) is 9.88 Å². The Morgan fingerprint density at radius 1 is 1.50 bits per heavy atom. The number of nitrogens with zero attached hydrogens (tertiary/aromatic N) is 2. The Morgan fingerprint density at radius 3 is 2.78 bits per heavy atom. The molecule has 2 heterocycles. The van der Waals surface area contributed by atoms with E-state index in [2.05, 4.69) is 4.98 Å². The minimum atomic E-state index is -2.92. The summed E-state index contributed by atoms with van der Waals surface area (Å²) < 4.78 is 39.4. The van der Waals surface area contributed by atoms with Gasteiger partial charge in [0.2, 0.25) is 0 Å². The molecule has 1 aliphatic heterocycles. The van der Waals surface area contributed by atoms with Crippen molar-refractivity contribution < 1.29 is 23.1 Å². The average Bonchev–Trinajstić information content (AvgIpc) is 2.28. The van der Waals surface area contributed by atoms with Gasteiger partial charge in [0.15, 0.2) is 0 Å². The second kappa shape index (κ2) is 4.47. The van der Waals surface area contributed by atoms with Crippen LogP contribution >= 0.6 is 0 Å². The SMILES string of the molecule is O=C(O)N1CCC(F)(F)CC1c1ccc(F)cn1. The minimum Gasteiger partial charge on any atom is -0.465 e. The van der Waals surface area contributed by atoms with Crippen molar-refractivity contribution in [1.82, 2.24) is 9.88 Å². The highest BCUT2D eigenvalue weighted by Gasteiger charge is 2.43. The summed E-state index contributed by atoms with van der Waals surface area (Å²) in [7, 11) is 0. The van der Waals surface area contributed by atoms with E-state index in [1.54, 1.807) is 0 Å². The molecular formula is C11H11F3N2O2. The number of halogens is 3. The van der Waals surface area contributed by atoms with Gasteiger partial charge < -0.3 is 5.11 Å². The second-order valence-corrected chi connectivity index (χ2v) is 4.20. The van der Waals surface area contributed by atoms with Crippen molar-refractivity contribution in [1.29, 1.82) is 0 Å². The van der Waals surface area contributed by atoms with Crippen LogP contribution in [0.2, 0.25) is 0 Å². The number of hydrogen-bond acceptors (Lipinski definition) is 2. The number of aromatic nitrogens is 1. The van der Waals surface area contributed by atoms with Crippen molar-refractivity contribution in [3.63, 3.8) is 0 Å². The fourth-order valence-corrected chi connectivity index (χ4v) is 2.01. The molecule has 0 saturated carbocycles. The van der Waals surface area contributed by atoms with Crippen LogP contribution in [0.25, 0.3) is 0 Å². The van der Waals surface area contributed by atoms with E-state index < -0.39 is 36.7 Å². The topological polar surface area (TPSA) is 53.4 Å². The predicted octanol–water partition coefficient (Wildman–Crippen LogP) is 2.67. The molecule has 1 aromatic heterocycles. The Bertz CT molecular complexity index is 450. The highest BCUT2D eigenvalue weighted by atomic mass is 19.3. The molecule has 1 saturated heterocycles. The number of carbonyl (C=O) groups is 1. The second-order valence-electron chi connectivity index (χ2n) is 4.20. The van der Waals surface area contributed by atoms with Gasteiger partial charge in [0.1, 0.15) is 5.82 Å². The van der Waals surface area contributed by atoms with Crippen LogP contribution in [-0.4, -0.2) is 33.6 Å². The first-order valence-corrected chi connectivity index (χ1v) is 5.38. The van der Waals surface area contributed by atoms with Crippen molar-refractivity contribution in [2.75, 3.05) is 6.54 Å². The predicted molar refractivity (Wildman–Crippen MR) is 55.8 cm³/mol. The van der Waals surface area contributed by atoms with Gasteiger partial charge in [-0.05, 0) is 12.1 Å². The van der Waals surface area contributed by atoms with Crippen molar-refractivity contribution in [2.24, 2.45) is 0 Å². The van der Waals surface area contributed by atoms with Crippen molar-refractivity contribution in [3.05, 3.63) is 29.8 Å². The van der Waals surface area contributed by atoms with E-state index in [1.165, 1.54) is 6.07 Å². The van der Waals surface area contributed by atoms with Crippen LogP contribution in [0.5, 0.6) is 0 Å². The molecule has 0 spiro atoms. The summed E-state index contributed by atoms with van der Waals surface area (Å²) in [4.78, 5) is 15.6. The van der Waals surface area contributed by atoms with Crippen LogP contribution < -0.4 is 0 Å². The van der Waals surface area contributed by atoms with Crippen molar-refractivity contribution >= 4 is 6.09 Å². The van der Waals surface area contributed by atoms with Crippen molar-refractivity contribution in [2.45, 2.75) is 24.8 Å². The van der Waals surface area contributed by atoms with Gasteiger partial charge in [-0.25, -0.2) is 18.0 Å². The molecule has 98 valence electrons. The smallest absolute Gasteiger partial charge is 0.407 e. The lowest BCUT2D eigenvalue weighted by Crippen LogP contribution is -2.44. The fourth-order valence-electron chi connectivity index (χ4n) is 2.01. The number of piperidine rings is 1. The van der Waals surface area contributed by atoms with E-state index in [-0.39, 0.29) is 12.2 Å². The maximum absolute atomic E-state index is 13.3. The van der Waals surface area contributed by atoms with Gasteiger partial charge in [-0.15, -0.1) is 0 Å². The van der Waals surface area contributed by atoms with Crippen LogP contribution in [0.3, 0.4) is 0 Å². The first kappa shape index (κ1) is 12.7. The van der Waals surface area contributed by atoms with E-state index in [1.807, 2.05) is 0 Å². The number of pyridine rings is 1. The van der Waals surface area contributed by atoms with Crippen LogP contribution in [0.4, 0.5) is 18.0 Å². The van der Waals surface area contributed by atoms with Gasteiger partial charge in [-0.1, -0.05) is 0 Å². The standard InChI is InChI=1S/C11H11F3N2O2/c12-7-1-2-8(15-6-7)9-5-11(13,14)3-4-16(9)10(17)18/h1-2,6,9H,3-5H2,(H,17,18). The summed E-state index contributed by atoms with van der Waals surface area (Å²) in [6.07, 6.45) is -1.52. The maximum Gasteiger partial charge on any atom is 0.407 e. The number of alkyl halides is 2. The molecule has 1 unspecified atom stereocenters. The third kappa shape index (κ3) is 2.55. The summed E-state index contributed by atoms with van der Waals surface area (Å²) in [5.41, 5.74) is 0.137. The highest BCUT2D eigenvalue weighted by molar-refractivity contribution is 5.65. The quantitative estimate of drug-likeness (QED) is 0.844. The third-order valence-corrected chi connectivity index (χ3v) is 2.92. The Labute approximate surface area is 101 Å². The molecule has 1 amide bonds. The molecule has 0 aliphatic carbocycles. The Hall–Kier alpha value is -1.79. The fraction of sp³-hybridized carbons (Fsp3) is 0.455. The molecule has 0 aromatic carbocycles. The number of carboxylic acid groups (broad SMARTS) is 1. The minimum absolute atomic E-state index is 0.137. The molecule has 1 atom stereocenters. The molecule has 2 rings (SSSR count). The first-order valence-electron chi connectivity index (χ1n) is 5.38. The van der Waals surface area contributed by atoms with E-state index in [9.17, 15) is 18.0 Å². The van der Waals surface area contributed by atoms with Crippen LogP contribution in [0, 0.1) is 5.82 Å². The van der Waals surface area contributed by atoms with E-state index in [4.69, 9.17) is 5.11 Å². The molecule has 1 N–H and O–H groups in total. The van der Waals surface area contributed by atoms with Gasteiger partial charge in [-0.2, -0.15) is 0 Å². The zero-order chi connectivity index (χ0) is 13.3. The number of amides is 1. The number of hydrogen-bond donors (Lipinski definition) is 1. The summed E-state index contributed by atoms with van der Waals surface area (Å²) in [6.45, 7) is -0.258. The summed E-state index contributed by atoms with van der Waals surface area (Å²) >= 11 is 0. The molecule has 0 bridgehead atoms. The molecule has 1 aromatic rings. The van der Waals surface area contributed by atoms with Gasteiger partial charge in [0, 0.05) is 19.4 Å². The lowest BCUT2D eigenvalue weighted by atomic mass is 9.96. The van der Waals surface area contributed by atoms with E-state index >= 15 is 0 Å². The molecule has 1 fully saturated rings. The summed E-state index contributed by atoms with van der Waals surface area (Å²) in [5.74, 6) is -3.52. The summed E-state index contributed by atoms with van der Waals surface area (Å²) in [5, 5.41) is 8.97. The maximum atomic E-state index is 13.3. The van der Waals surface area contributed by atoms with Gasteiger partial charge in [0.05, 0.1) is 17.9 Å². The highest BCUT2D eigenvalue weighted by Crippen LogP contribution is 2.39. The lowest BCUT2D eigenvalue weighted by Gasteiger charge is -2.37. The molecule has 0 radical (unpaired) electrons. The Morgan fingerprint density at radius 2 is 2.22 bits per heavy atom. The van der Waals surface area contributed by atoms with Crippen molar-refractivity contribution in [3.8, 4) is 0 Å². The third-order valence-electron chi connectivity index (χ3n) is 2.92. The molecule has 4 nitrogen and oxygen atoms in total. The van der Waals surface area contributed by atoms with E-state index in [0.717, 1.165) is 17.2 Å². The van der Waals surface area contributed by atoms with E-state index in [0.29, 0.717) is 0 Å². The molecular weight excluding hydrogens is 249 g/mol. The molecule has 7 heteroatoms. The Kier molecular flexibility index (Phi) is 3.14. The van der Waals surface area contributed by atoms with Crippen LogP contribution in [0.15, 0.2) is 18.3 Å². The number of likely N-dealkylation sites (tertiary alicyclic amines) is 1. The van der Waals surface area contributed by atoms with Crippen LogP contribution in [-0.2, 0) is 0 Å². The lowest BCUT2D eigenvalue weighted by molar-refractivity contribution is -0.0730. The largest absolute Gasteiger partial charge is 0.465 e. The first-order chi connectivity index (χ1) is 8.39. The summed E-state index contributed by atoms with van der Waals surface area (Å²) in [6, 6.07) is 1.28. The average molecular weight is 260 g/mol. The molecule has 18 heavy (non-hydrogen) atoms. The number of rotatable bonds is 1.